The molecular weight excluding hydrogens is 531 g/mol. The van der Waals surface area contributed by atoms with Gasteiger partial charge in [0.25, 0.3) is 5.91 Å². The molecule has 0 aliphatic rings. The second-order valence-electron chi connectivity index (χ2n) is 8.11. The Labute approximate surface area is 226 Å². The zero-order chi connectivity index (χ0) is 25.9. The lowest BCUT2D eigenvalue weighted by atomic mass is 10.1. The van der Waals surface area contributed by atoms with Crippen molar-refractivity contribution in [2.45, 2.75) is 19.4 Å². The van der Waals surface area contributed by atoms with Crippen LogP contribution in [0.5, 0.6) is 0 Å². The number of nitrogens with one attached hydrogen (secondary N) is 2. The molecule has 0 spiro atoms. The molecule has 0 bridgehead atoms. The number of halogens is 2. The quantitative estimate of drug-likeness (QED) is 0.208. The van der Waals surface area contributed by atoms with E-state index in [1.54, 1.807) is 48.7 Å². The van der Waals surface area contributed by atoms with Crippen LogP contribution in [0, 0.1) is 0 Å². The van der Waals surface area contributed by atoms with Gasteiger partial charge in [0.2, 0.25) is 0 Å². The second kappa shape index (κ2) is 10.7. The van der Waals surface area contributed by atoms with Gasteiger partial charge in [-0.15, -0.1) is 11.3 Å². The van der Waals surface area contributed by atoms with Gasteiger partial charge in [-0.2, -0.15) is 0 Å². The Bertz CT molecular complexity index is 1580. The average molecular weight is 551 g/mol. The zero-order valence-corrected chi connectivity index (χ0v) is 21.8. The van der Waals surface area contributed by atoms with E-state index in [0.29, 0.717) is 37.8 Å². The highest BCUT2D eigenvalue weighted by atomic mass is 35.5. The zero-order valence-electron chi connectivity index (χ0n) is 19.5. The maximum atomic E-state index is 13.1. The van der Waals surface area contributed by atoms with Crippen LogP contribution in [0.25, 0.3) is 33.7 Å². The summed E-state index contributed by atoms with van der Waals surface area (Å²) in [5.74, 6) is -0.537. The minimum atomic E-state index is -1.01. The van der Waals surface area contributed by atoms with Crippen LogP contribution in [0.2, 0.25) is 10.0 Å². The third kappa shape index (κ3) is 5.36. The van der Waals surface area contributed by atoms with Crippen molar-refractivity contribution in [3.05, 3.63) is 87.7 Å². The van der Waals surface area contributed by atoms with Gasteiger partial charge in [0, 0.05) is 16.5 Å². The number of anilines is 1. The third-order valence-electron chi connectivity index (χ3n) is 5.65. The number of fused-ring (bicyclic) bond motifs is 1. The number of hydrogen-bond donors (Lipinski definition) is 2. The fraction of sp³-hybridized carbons (Fsp3) is 0.111. The van der Waals surface area contributed by atoms with Crippen molar-refractivity contribution in [1.82, 2.24) is 15.0 Å². The van der Waals surface area contributed by atoms with Crippen LogP contribution in [0.4, 0.5) is 5.13 Å². The molecule has 0 saturated carbocycles. The smallest absolute Gasteiger partial charge is 0.339 e. The largest absolute Gasteiger partial charge is 0.449 e. The highest BCUT2D eigenvalue weighted by molar-refractivity contribution is 7.14. The van der Waals surface area contributed by atoms with Gasteiger partial charge in [0.1, 0.15) is 5.82 Å². The van der Waals surface area contributed by atoms with Gasteiger partial charge in [-0.1, -0.05) is 66.5 Å². The highest BCUT2D eigenvalue weighted by Gasteiger charge is 2.25. The van der Waals surface area contributed by atoms with Crippen LogP contribution in [-0.2, 0) is 9.53 Å². The number of aromatic amines is 1. The Kier molecular flexibility index (Phi) is 7.23. The number of aromatic nitrogens is 3. The summed E-state index contributed by atoms with van der Waals surface area (Å²) in [7, 11) is 0. The summed E-state index contributed by atoms with van der Waals surface area (Å²) < 4.78 is 5.63. The summed E-state index contributed by atoms with van der Waals surface area (Å²) in [4.78, 5) is 38.4. The van der Waals surface area contributed by atoms with Gasteiger partial charge in [-0.25, -0.2) is 14.8 Å². The van der Waals surface area contributed by atoms with Gasteiger partial charge in [-0.05, 0) is 36.8 Å². The molecule has 0 saturated heterocycles. The Morgan fingerprint density at radius 2 is 1.81 bits per heavy atom. The molecule has 10 heteroatoms. The van der Waals surface area contributed by atoms with E-state index >= 15 is 0 Å². The minimum Gasteiger partial charge on any atom is -0.449 e. The van der Waals surface area contributed by atoms with Crippen LogP contribution in [-0.4, -0.2) is 32.9 Å². The number of thiazole rings is 1. The van der Waals surface area contributed by atoms with Crippen LogP contribution in [0.3, 0.4) is 0 Å². The number of hydrogen-bond acceptors (Lipinski definition) is 6. The van der Waals surface area contributed by atoms with E-state index in [1.807, 2.05) is 30.3 Å². The van der Waals surface area contributed by atoms with Crippen molar-refractivity contribution in [3.63, 3.8) is 0 Å². The Morgan fingerprint density at radius 1 is 1.03 bits per heavy atom. The molecule has 5 aromatic rings. The number of H-pyrrole nitrogens is 1. The van der Waals surface area contributed by atoms with Crippen LogP contribution >= 0.6 is 34.5 Å². The van der Waals surface area contributed by atoms with Crippen molar-refractivity contribution in [3.8, 4) is 22.6 Å². The van der Waals surface area contributed by atoms with Crippen molar-refractivity contribution < 1.29 is 14.3 Å². The second-order valence-corrected chi connectivity index (χ2v) is 9.78. The predicted octanol–water partition coefficient (Wildman–Crippen LogP) is 7.23. The fourth-order valence-corrected chi connectivity index (χ4v) is 4.79. The third-order valence-corrected chi connectivity index (χ3v) is 7.15. The maximum Gasteiger partial charge on any atom is 0.339 e. The summed E-state index contributed by atoms with van der Waals surface area (Å²) in [6, 6.07) is 19.8. The lowest BCUT2D eigenvalue weighted by Crippen LogP contribution is -2.32. The van der Waals surface area contributed by atoms with Gasteiger partial charge in [0.05, 0.1) is 32.3 Å². The van der Waals surface area contributed by atoms with E-state index in [9.17, 15) is 9.59 Å². The number of ether oxygens (including phenoxy) is 1. The molecular formula is C27H20Cl2N4O3S. The topological polar surface area (TPSA) is 97.0 Å². The first-order chi connectivity index (χ1) is 17.9. The van der Waals surface area contributed by atoms with Crippen molar-refractivity contribution in [2.75, 3.05) is 5.32 Å². The molecule has 0 aliphatic heterocycles. The summed E-state index contributed by atoms with van der Waals surface area (Å²) >= 11 is 13.3. The first-order valence-electron chi connectivity index (χ1n) is 11.4. The number of carbonyl (C=O) groups is 2. The monoisotopic (exact) mass is 550 g/mol. The molecule has 1 atom stereocenters. The molecule has 1 unspecified atom stereocenters. The average Bonchev–Trinajstić information content (AvgIpc) is 3.56. The van der Waals surface area contributed by atoms with E-state index in [-0.39, 0.29) is 6.42 Å². The molecule has 2 aromatic heterocycles. The number of imidazole rings is 1. The number of rotatable bonds is 7. The van der Waals surface area contributed by atoms with Crippen molar-refractivity contribution >= 4 is 62.6 Å². The van der Waals surface area contributed by atoms with E-state index in [0.717, 1.165) is 16.6 Å². The van der Waals surface area contributed by atoms with Gasteiger partial charge >= 0.3 is 5.97 Å². The Morgan fingerprint density at radius 3 is 2.59 bits per heavy atom. The normalized spacial score (nSPS) is 11.9. The molecule has 3 aromatic carbocycles. The lowest BCUT2D eigenvalue weighted by molar-refractivity contribution is -0.124. The SMILES string of the molecule is CCC(OC(=O)c1ccccc1-c1nc2ccccc2[nH]1)C(=O)Nc1nc(-c2ccc(Cl)c(Cl)c2)cs1. The summed E-state index contributed by atoms with van der Waals surface area (Å²) in [5.41, 5.74) is 3.95. The summed E-state index contributed by atoms with van der Waals surface area (Å²) in [6.45, 7) is 1.77. The molecule has 1 amide bonds. The Balaban J connectivity index is 1.31. The van der Waals surface area contributed by atoms with Crippen LogP contribution in [0.1, 0.15) is 23.7 Å². The van der Waals surface area contributed by atoms with E-state index < -0.39 is 18.0 Å². The number of amides is 1. The number of nitrogens with zero attached hydrogens (tertiary/aromatic N) is 2. The van der Waals surface area contributed by atoms with Gasteiger partial charge < -0.3 is 9.72 Å². The van der Waals surface area contributed by atoms with E-state index in [1.165, 1.54) is 11.3 Å². The first-order valence-corrected chi connectivity index (χ1v) is 13.0. The van der Waals surface area contributed by atoms with E-state index in [2.05, 4.69) is 20.3 Å². The predicted molar refractivity (Wildman–Crippen MR) is 147 cm³/mol. The molecule has 37 heavy (non-hydrogen) atoms. The molecule has 7 nitrogen and oxygen atoms in total. The Hall–Kier alpha value is -3.72. The van der Waals surface area contributed by atoms with Gasteiger partial charge in [-0.3, -0.25) is 10.1 Å². The standard InChI is InChI=1S/C27H20Cl2N4O3S/c1-2-23(25(34)33-27-32-22(14-37-27)15-11-12-18(28)19(29)13-15)36-26(35)17-8-4-3-7-16(17)24-30-20-9-5-6-10-21(20)31-24/h3-14,23H,2H2,1H3,(H,30,31)(H,32,33,34). The summed E-state index contributed by atoms with van der Waals surface area (Å²) in [6.07, 6.45) is -0.719. The van der Waals surface area contributed by atoms with Crippen LogP contribution < -0.4 is 5.32 Å². The number of esters is 1. The molecule has 0 aliphatic carbocycles. The fourth-order valence-electron chi connectivity index (χ4n) is 3.77. The number of benzene rings is 3. The molecule has 2 heterocycles. The molecule has 2 N–H and O–H groups in total. The van der Waals surface area contributed by atoms with Crippen molar-refractivity contribution in [2.24, 2.45) is 0 Å². The van der Waals surface area contributed by atoms with Crippen LogP contribution in [0.15, 0.2) is 72.1 Å². The van der Waals surface area contributed by atoms with Gasteiger partial charge in [0.15, 0.2) is 11.2 Å². The number of para-hydroxylation sites is 2. The highest BCUT2D eigenvalue weighted by Crippen LogP contribution is 2.31. The minimum absolute atomic E-state index is 0.287. The van der Waals surface area contributed by atoms with Crippen molar-refractivity contribution in [1.29, 1.82) is 0 Å². The summed E-state index contributed by atoms with van der Waals surface area (Å²) in [5, 5.41) is 5.78. The lowest BCUT2D eigenvalue weighted by Gasteiger charge is -2.16. The molecule has 5 rings (SSSR count). The molecule has 0 radical (unpaired) electrons. The molecule has 186 valence electrons. The maximum absolute atomic E-state index is 13.1. The first kappa shape index (κ1) is 25.0. The molecule has 0 fully saturated rings. The number of carbonyl (C=O) groups excluding carboxylic acids is 2. The van der Waals surface area contributed by atoms with E-state index in [4.69, 9.17) is 27.9 Å².